The van der Waals surface area contributed by atoms with Crippen LogP contribution in [0.25, 0.3) is 5.65 Å². The van der Waals surface area contributed by atoms with E-state index < -0.39 is 12.1 Å². The third kappa shape index (κ3) is 7.68. The number of alkyl halides is 3. The Bertz CT molecular complexity index is 1550. The number of rotatable bonds is 8. The molecule has 1 aliphatic rings. The molecule has 0 spiro atoms. The fraction of sp³-hybridized carbons (Fsp3) is 0.552. The summed E-state index contributed by atoms with van der Waals surface area (Å²) < 4.78 is 46.1. The SMILES string of the molecule is CCN(CC)c1cc(C)c2nn(CC(=O)c3cc(N4CCOCC4)c(OC)c(C(C)(C)C)c3)c(=N)n2n1.O=C(O)C(F)(F)F. The van der Waals surface area contributed by atoms with Gasteiger partial charge in [-0.2, -0.15) is 17.7 Å². The molecule has 0 radical (unpaired) electrons. The first-order chi connectivity index (χ1) is 20.5. The number of aryl methyl sites for hydroxylation is 1. The molecule has 1 aliphatic heterocycles. The van der Waals surface area contributed by atoms with Crippen LogP contribution >= 0.6 is 0 Å². The fourth-order valence-electron chi connectivity index (χ4n) is 4.77. The number of fused-ring (bicyclic) bond motifs is 1. The summed E-state index contributed by atoms with van der Waals surface area (Å²) >= 11 is 0. The van der Waals surface area contributed by atoms with Crippen LogP contribution < -0.4 is 20.2 Å². The Labute approximate surface area is 253 Å². The summed E-state index contributed by atoms with van der Waals surface area (Å²) in [6.07, 6.45) is -5.08. The van der Waals surface area contributed by atoms with Gasteiger partial charge in [-0.1, -0.05) is 20.8 Å². The zero-order valence-electron chi connectivity index (χ0n) is 26.1. The van der Waals surface area contributed by atoms with Gasteiger partial charge in [-0.25, -0.2) is 9.48 Å². The van der Waals surface area contributed by atoms with Crippen LogP contribution in [0, 0.1) is 12.3 Å². The number of benzene rings is 1. The van der Waals surface area contributed by atoms with Crippen molar-refractivity contribution in [1.82, 2.24) is 19.4 Å². The summed E-state index contributed by atoms with van der Waals surface area (Å²) in [5.74, 6) is -1.30. The van der Waals surface area contributed by atoms with E-state index in [1.165, 1.54) is 9.20 Å². The average molecular weight is 624 g/mol. The fourth-order valence-corrected chi connectivity index (χ4v) is 4.77. The lowest BCUT2D eigenvalue weighted by atomic mass is 9.84. The van der Waals surface area contributed by atoms with Gasteiger partial charge in [0.2, 0.25) is 5.62 Å². The number of anilines is 2. The normalized spacial score (nSPS) is 13.8. The van der Waals surface area contributed by atoms with E-state index in [2.05, 4.69) is 54.6 Å². The summed E-state index contributed by atoms with van der Waals surface area (Å²) in [6, 6.07) is 5.81. The number of ketones is 1. The average Bonchev–Trinajstić information content (AvgIpc) is 3.28. The minimum Gasteiger partial charge on any atom is -0.494 e. The number of nitrogens with one attached hydrogen (secondary N) is 1. The molecular weight excluding hydrogens is 583 g/mol. The van der Waals surface area contributed by atoms with Crippen molar-refractivity contribution in [3.63, 3.8) is 0 Å². The maximum atomic E-state index is 13.6. The minimum atomic E-state index is -5.08. The van der Waals surface area contributed by atoms with Crippen LogP contribution in [0.2, 0.25) is 0 Å². The summed E-state index contributed by atoms with van der Waals surface area (Å²) in [5, 5.41) is 25.1. The number of hydrogen-bond acceptors (Lipinski definition) is 9. The van der Waals surface area contributed by atoms with Gasteiger partial charge >= 0.3 is 12.1 Å². The quantitative estimate of drug-likeness (QED) is 0.359. The van der Waals surface area contributed by atoms with Crippen molar-refractivity contribution in [2.75, 3.05) is 56.3 Å². The van der Waals surface area contributed by atoms with Gasteiger partial charge in [0.05, 0.1) is 26.0 Å². The van der Waals surface area contributed by atoms with Gasteiger partial charge in [-0.15, -0.1) is 10.2 Å². The minimum absolute atomic E-state index is 0.0549. The smallest absolute Gasteiger partial charge is 0.490 e. The Kier molecular flexibility index (Phi) is 10.7. The molecule has 1 aromatic carbocycles. The van der Waals surface area contributed by atoms with Crippen molar-refractivity contribution in [3.05, 3.63) is 40.5 Å². The van der Waals surface area contributed by atoms with Crippen LogP contribution in [0.3, 0.4) is 0 Å². The van der Waals surface area contributed by atoms with E-state index in [4.69, 9.17) is 24.8 Å². The van der Waals surface area contributed by atoms with E-state index in [0.29, 0.717) is 24.4 Å². The molecule has 0 unspecified atom stereocenters. The zero-order valence-corrected chi connectivity index (χ0v) is 26.1. The Morgan fingerprint density at radius 3 is 2.18 bits per heavy atom. The molecule has 0 saturated carbocycles. The number of methoxy groups -OCH3 is 1. The molecule has 44 heavy (non-hydrogen) atoms. The number of ether oxygens (including phenoxy) is 2. The predicted molar refractivity (Wildman–Crippen MR) is 158 cm³/mol. The number of carboxylic acid groups (broad SMARTS) is 1. The summed E-state index contributed by atoms with van der Waals surface area (Å²) in [6.45, 7) is 16.7. The second-order valence-electron chi connectivity index (χ2n) is 11.2. The number of hydrogen-bond donors (Lipinski definition) is 2. The molecule has 0 amide bonds. The van der Waals surface area contributed by atoms with Crippen molar-refractivity contribution < 1.29 is 37.3 Å². The number of morpholine rings is 1. The first-order valence-electron chi connectivity index (χ1n) is 14.2. The van der Waals surface area contributed by atoms with Gasteiger partial charge in [0.1, 0.15) is 18.1 Å². The van der Waals surface area contributed by atoms with E-state index >= 15 is 0 Å². The van der Waals surface area contributed by atoms with Crippen molar-refractivity contribution in [1.29, 1.82) is 5.41 Å². The van der Waals surface area contributed by atoms with Gasteiger partial charge in [-0.05, 0) is 49.9 Å². The van der Waals surface area contributed by atoms with Gasteiger partial charge in [0, 0.05) is 37.3 Å². The highest BCUT2D eigenvalue weighted by Gasteiger charge is 2.38. The lowest BCUT2D eigenvalue weighted by molar-refractivity contribution is -0.192. The van der Waals surface area contributed by atoms with Crippen LogP contribution in [0.1, 0.15) is 56.1 Å². The maximum absolute atomic E-state index is 13.6. The number of Topliss-reactive ketones (excluding diaryl/α,β-unsaturated/α-hetero) is 1. The monoisotopic (exact) mass is 623 g/mol. The number of carbonyl (C=O) groups excluding carboxylic acids is 1. The van der Waals surface area contributed by atoms with Crippen molar-refractivity contribution >= 4 is 28.9 Å². The molecule has 2 aromatic heterocycles. The van der Waals surface area contributed by atoms with Crippen LogP contribution in [0.15, 0.2) is 18.2 Å². The number of aliphatic carboxylic acids is 1. The number of halogens is 3. The Morgan fingerprint density at radius 1 is 1.09 bits per heavy atom. The van der Waals surface area contributed by atoms with E-state index in [9.17, 15) is 18.0 Å². The maximum Gasteiger partial charge on any atom is 0.490 e. The molecule has 242 valence electrons. The Morgan fingerprint density at radius 2 is 1.68 bits per heavy atom. The largest absolute Gasteiger partial charge is 0.494 e. The third-order valence-electron chi connectivity index (χ3n) is 7.14. The molecular formula is C29H40F3N7O5. The highest BCUT2D eigenvalue weighted by Crippen LogP contribution is 2.40. The number of carboxylic acids is 1. The lowest BCUT2D eigenvalue weighted by Gasteiger charge is -2.33. The highest BCUT2D eigenvalue weighted by molar-refractivity contribution is 5.98. The topological polar surface area (TPSA) is 138 Å². The van der Waals surface area contributed by atoms with E-state index in [0.717, 1.165) is 54.6 Å². The van der Waals surface area contributed by atoms with Gasteiger partial charge in [0.15, 0.2) is 11.4 Å². The summed E-state index contributed by atoms with van der Waals surface area (Å²) in [5.41, 5.74) is 3.76. The van der Waals surface area contributed by atoms with Gasteiger partial charge in [-0.3, -0.25) is 10.2 Å². The molecule has 4 rings (SSSR count). The van der Waals surface area contributed by atoms with E-state index in [-0.39, 0.29) is 23.4 Å². The van der Waals surface area contributed by atoms with Gasteiger partial charge < -0.3 is 24.4 Å². The molecule has 3 heterocycles. The van der Waals surface area contributed by atoms with Crippen LogP contribution in [-0.2, 0) is 21.5 Å². The lowest BCUT2D eigenvalue weighted by Crippen LogP contribution is -2.37. The van der Waals surface area contributed by atoms with Crippen LogP contribution in [0.4, 0.5) is 24.7 Å². The van der Waals surface area contributed by atoms with E-state index in [1.54, 1.807) is 7.11 Å². The van der Waals surface area contributed by atoms with Crippen molar-refractivity contribution in [2.24, 2.45) is 0 Å². The standard InChI is InChI=1S/C27H39N7O3.C2HF3O2/c1-8-31(9-2)23-14-18(3)25-30-33(26(28)34(25)29-23)17-22(35)19-15-20(27(4,5)6)24(36-7)21(16-19)32-10-12-37-13-11-32;3-2(4,5)1(6)7/h14-16,28H,8-13,17H2,1-7H3;(H,6,7). The first kappa shape index (κ1) is 34.4. The molecule has 1 saturated heterocycles. The van der Waals surface area contributed by atoms with Crippen molar-refractivity contribution in [2.45, 2.75) is 59.7 Å². The summed E-state index contributed by atoms with van der Waals surface area (Å²) in [7, 11) is 1.68. The molecule has 15 heteroatoms. The molecule has 12 nitrogen and oxygen atoms in total. The molecule has 1 fully saturated rings. The van der Waals surface area contributed by atoms with Crippen LogP contribution in [0.5, 0.6) is 5.75 Å². The molecule has 0 aliphatic carbocycles. The second-order valence-corrected chi connectivity index (χ2v) is 11.2. The molecule has 0 bridgehead atoms. The first-order valence-corrected chi connectivity index (χ1v) is 14.2. The van der Waals surface area contributed by atoms with E-state index in [1.807, 2.05) is 25.1 Å². The number of carbonyl (C=O) groups is 2. The zero-order chi connectivity index (χ0) is 33.0. The van der Waals surface area contributed by atoms with Gasteiger partial charge in [0.25, 0.3) is 0 Å². The van der Waals surface area contributed by atoms with Crippen molar-refractivity contribution in [3.8, 4) is 5.75 Å². The van der Waals surface area contributed by atoms with Crippen LogP contribution in [-0.4, -0.2) is 88.9 Å². The molecule has 0 atom stereocenters. The Hall–Kier alpha value is -4.14. The molecule has 3 aromatic rings. The predicted octanol–water partition coefficient (Wildman–Crippen LogP) is 3.82. The molecule has 2 N–H and O–H groups in total. The number of aromatic nitrogens is 4. The summed E-state index contributed by atoms with van der Waals surface area (Å²) in [4.78, 5) is 26.9. The second kappa shape index (κ2) is 13.7. The number of nitrogens with zero attached hydrogens (tertiary/aromatic N) is 6. The highest BCUT2D eigenvalue weighted by atomic mass is 19.4. The Balaban J connectivity index is 0.000000676. The third-order valence-corrected chi connectivity index (χ3v) is 7.14.